The summed E-state index contributed by atoms with van der Waals surface area (Å²) in [5, 5.41) is 5.23. The molecule has 2 N–H and O–H groups in total. The van der Waals surface area contributed by atoms with Gasteiger partial charge in [-0.15, -0.1) is 0 Å². The van der Waals surface area contributed by atoms with Gasteiger partial charge in [0.05, 0.1) is 6.04 Å². The fourth-order valence-electron chi connectivity index (χ4n) is 1.07. The van der Waals surface area contributed by atoms with Crippen molar-refractivity contribution in [2.75, 3.05) is 13.6 Å². The molecule has 0 aromatic rings. The van der Waals surface area contributed by atoms with Gasteiger partial charge in [0.2, 0.25) is 5.91 Å². The molecule has 0 radical (unpaired) electrons. The summed E-state index contributed by atoms with van der Waals surface area (Å²) >= 11 is 0. The number of nitrogens with one attached hydrogen (secondary N) is 2. The molecule has 1 rings (SSSR count). The highest BCUT2D eigenvalue weighted by atomic mass is 19.1. The lowest BCUT2D eigenvalue weighted by atomic mass is 10.2. The van der Waals surface area contributed by atoms with Crippen LogP contribution in [0, 0.1) is 0 Å². The van der Waals surface area contributed by atoms with E-state index in [1.807, 2.05) is 0 Å². The zero-order valence-corrected chi connectivity index (χ0v) is 5.86. The molecule has 2 unspecified atom stereocenters. The summed E-state index contributed by atoms with van der Waals surface area (Å²) in [5.74, 6) is -0.125. The van der Waals surface area contributed by atoms with Gasteiger partial charge < -0.3 is 10.6 Å². The largest absolute Gasteiger partial charge is 0.358 e. The van der Waals surface area contributed by atoms with Crippen LogP contribution in [-0.2, 0) is 4.79 Å². The average Bonchev–Trinajstić information content (AvgIpc) is 2.34. The third-order valence-electron chi connectivity index (χ3n) is 1.64. The first-order chi connectivity index (χ1) is 4.74. The minimum atomic E-state index is -0.859. The molecule has 0 bridgehead atoms. The molecule has 3 nitrogen and oxygen atoms in total. The van der Waals surface area contributed by atoms with Gasteiger partial charge in [0.15, 0.2) is 0 Å². The SMILES string of the molecule is CNC(=O)C1CC(F)CN1. The fourth-order valence-corrected chi connectivity index (χ4v) is 1.07. The molecular weight excluding hydrogens is 135 g/mol. The Bertz CT molecular complexity index is 140. The molecule has 58 valence electrons. The molecular formula is C6H11FN2O. The Morgan fingerprint density at radius 2 is 2.50 bits per heavy atom. The monoisotopic (exact) mass is 146 g/mol. The van der Waals surface area contributed by atoms with Crippen molar-refractivity contribution in [2.24, 2.45) is 0 Å². The Labute approximate surface area is 59.0 Å². The maximum atomic E-state index is 12.4. The molecule has 1 aliphatic heterocycles. The van der Waals surface area contributed by atoms with Gasteiger partial charge in [0, 0.05) is 20.0 Å². The fraction of sp³-hybridized carbons (Fsp3) is 0.833. The number of hydrogen-bond acceptors (Lipinski definition) is 2. The van der Waals surface area contributed by atoms with Gasteiger partial charge in [0.25, 0.3) is 0 Å². The van der Waals surface area contributed by atoms with E-state index in [4.69, 9.17) is 0 Å². The van der Waals surface area contributed by atoms with Crippen molar-refractivity contribution in [1.82, 2.24) is 10.6 Å². The van der Waals surface area contributed by atoms with E-state index in [0.717, 1.165) is 0 Å². The number of carbonyl (C=O) groups is 1. The molecule has 0 spiro atoms. The van der Waals surface area contributed by atoms with Crippen molar-refractivity contribution in [3.05, 3.63) is 0 Å². The summed E-state index contributed by atoms with van der Waals surface area (Å²) in [7, 11) is 1.55. The molecule has 1 saturated heterocycles. The van der Waals surface area contributed by atoms with Crippen LogP contribution in [0.2, 0.25) is 0 Å². The number of carbonyl (C=O) groups excluding carboxylic acids is 1. The highest BCUT2D eigenvalue weighted by Crippen LogP contribution is 2.09. The van der Waals surface area contributed by atoms with Crippen molar-refractivity contribution in [2.45, 2.75) is 18.6 Å². The summed E-state index contributed by atoms with van der Waals surface area (Å²) < 4.78 is 12.4. The van der Waals surface area contributed by atoms with E-state index in [-0.39, 0.29) is 11.9 Å². The van der Waals surface area contributed by atoms with Crippen LogP contribution in [0.15, 0.2) is 0 Å². The quantitative estimate of drug-likeness (QED) is 0.520. The van der Waals surface area contributed by atoms with E-state index in [1.165, 1.54) is 0 Å². The second-order valence-corrected chi connectivity index (χ2v) is 2.41. The van der Waals surface area contributed by atoms with Gasteiger partial charge in [-0.3, -0.25) is 4.79 Å². The number of alkyl halides is 1. The standard InChI is InChI=1S/C6H11FN2O/c1-8-6(10)5-2-4(7)3-9-5/h4-5,9H,2-3H2,1H3,(H,8,10). The Hall–Kier alpha value is -0.640. The van der Waals surface area contributed by atoms with E-state index in [1.54, 1.807) is 7.05 Å². The molecule has 10 heavy (non-hydrogen) atoms. The molecule has 1 heterocycles. The van der Waals surface area contributed by atoms with Crippen molar-refractivity contribution in [3.8, 4) is 0 Å². The third-order valence-corrected chi connectivity index (χ3v) is 1.64. The van der Waals surface area contributed by atoms with Gasteiger partial charge in [-0.25, -0.2) is 4.39 Å². The van der Waals surface area contributed by atoms with Gasteiger partial charge >= 0.3 is 0 Å². The van der Waals surface area contributed by atoms with E-state index in [2.05, 4.69) is 10.6 Å². The molecule has 2 atom stereocenters. The van der Waals surface area contributed by atoms with Crippen molar-refractivity contribution in [1.29, 1.82) is 0 Å². The second-order valence-electron chi connectivity index (χ2n) is 2.41. The van der Waals surface area contributed by atoms with Crippen molar-refractivity contribution in [3.63, 3.8) is 0 Å². The van der Waals surface area contributed by atoms with Gasteiger partial charge in [-0.2, -0.15) is 0 Å². The minimum absolute atomic E-state index is 0.125. The topological polar surface area (TPSA) is 41.1 Å². The molecule has 0 aromatic carbocycles. The highest BCUT2D eigenvalue weighted by Gasteiger charge is 2.28. The summed E-state index contributed by atoms with van der Waals surface area (Å²) in [4.78, 5) is 10.8. The molecule has 0 saturated carbocycles. The summed E-state index contributed by atoms with van der Waals surface area (Å²) in [6.07, 6.45) is -0.554. The lowest BCUT2D eigenvalue weighted by molar-refractivity contribution is -0.122. The first-order valence-electron chi connectivity index (χ1n) is 3.33. The zero-order valence-electron chi connectivity index (χ0n) is 5.86. The predicted molar refractivity (Wildman–Crippen MR) is 35.4 cm³/mol. The van der Waals surface area contributed by atoms with Crippen molar-refractivity contribution >= 4 is 5.91 Å². The Morgan fingerprint density at radius 1 is 1.80 bits per heavy atom. The number of likely N-dealkylation sites (N-methyl/N-ethyl adjacent to an activating group) is 1. The number of rotatable bonds is 1. The highest BCUT2D eigenvalue weighted by molar-refractivity contribution is 5.81. The van der Waals surface area contributed by atoms with Crippen LogP contribution in [0.25, 0.3) is 0 Å². The molecule has 0 aromatic heterocycles. The maximum absolute atomic E-state index is 12.4. The first-order valence-corrected chi connectivity index (χ1v) is 3.33. The summed E-state index contributed by atoms with van der Waals surface area (Å²) in [6.45, 7) is 0.304. The Balaban J connectivity index is 2.37. The molecule has 1 fully saturated rings. The normalized spacial score (nSPS) is 32.2. The summed E-state index contributed by atoms with van der Waals surface area (Å²) in [5.41, 5.74) is 0. The van der Waals surface area contributed by atoms with Crippen LogP contribution in [0.4, 0.5) is 4.39 Å². The van der Waals surface area contributed by atoms with E-state index < -0.39 is 6.17 Å². The number of halogens is 1. The van der Waals surface area contributed by atoms with Crippen LogP contribution in [0.3, 0.4) is 0 Å². The number of amides is 1. The predicted octanol–water partition coefficient (Wildman–Crippen LogP) is -0.568. The Morgan fingerprint density at radius 3 is 2.90 bits per heavy atom. The van der Waals surface area contributed by atoms with E-state index >= 15 is 0 Å². The van der Waals surface area contributed by atoms with Crippen LogP contribution in [-0.4, -0.2) is 31.7 Å². The lowest BCUT2D eigenvalue weighted by Crippen LogP contribution is -2.38. The lowest BCUT2D eigenvalue weighted by Gasteiger charge is -2.05. The molecule has 0 aliphatic carbocycles. The van der Waals surface area contributed by atoms with Crippen molar-refractivity contribution < 1.29 is 9.18 Å². The van der Waals surface area contributed by atoms with Gasteiger partial charge in [0.1, 0.15) is 6.17 Å². The third kappa shape index (κ3) is 1.44. The Kier molecular flexibility index (Phi) is 2.21. The molecule has 1 aliphatic rings. The zero-order chi connectivity index (χ0) is 7.56. The summed E-state index contributed by atoms with van der Waals surface area (Å²) in [6, 6.07) is -0.319. The number of hydrogen-bond donors (Lipinski definition) is 2. The van der Waals surface area contributed by atoms with Gasteiger partial charge in [-0.05, 0) is 0 Å². The average molecular weight is 146 g/mol. The van der Waals surface area contributed by atoms with Gasteiger partial charge in [-0.1, -0.05) is 0 Å². The second kappa shape index (κ2) is 2.96. The van der Waals surface area contributed by atoms with E-state index in [9.17, 15) is 9.18 Å². The molecule has 4 heteroatoms. The van der Waals surface area contributed by atoms with Crippen LogP contribution in [0.1, 0.15) is 6.42 Å². The molecule has 1 amide bonds. The van der Waals surface area contributed by atoms with Crippen LogP contribution < -0.4 is 10.6 Å². The van der Waals surface area contributed by atoms with E-state index in [0.29, 0.717) is 13.0 Å². The minimum Gasteiger partial charge on any atom is -0.358 e. The van der Waals surface area contributed by atoms with Crippen LogP contribution in [0.5, 0.6) is 0 Å². The smallest absolute Gasteiger partial charge is 0.236 e. The van der Waals surface area contributed by atoms with Crippen LogP contribution >= 0.6 is 0 Å². The maximum Gasteiger partial charge on any atom is 0.236 e. The first kappa shape index (κ1) is 7.47.